The Bertz CT molecular complexity index is 7670. The van der Waals surface area contributed by atoms with Crippen molar-refractivity contribution in [2.75, 3.05) is 185 Å². The predicted molar refractivity (Wildman–Crippen MR) is 560 cm³/mol. The number of H-pyrrole nitrogens is 9. The van der Waals surface area contributed by atoms with E-state index in [-0.39, 0.29) is 121 Å². The highest BCUT2D eigenvalue weighted by atomic mass is 16.3. The molecule has 18 N–H and O–H groups in total. The van der Waals surface area contributed by atoms with Gasteiger partial charge in [-0.1, -0.05) is 54.6 Å². The van der Waals surface area contributed by atoms with E-state index in [2.05, 4.69) is 44.9 Å². The highest BCUT2D eigenvalue weighted by Crippen LogP contribution is 2.36. The average Bonchev–Trinajstić information content (AvgIpc) is 1.63. The number of phenols is 9. The number of aromatic amines is 9. The minimum atomic E-state index is -2.36. The van der Waals surface area contributed by atoms with Crippen LogP contribution in [-0.2, 0) is 57.6 Å². The summed E-state index contributed by atoms with van der Waals surface area (Å²) in [5, 5.41) is 94.0. The fraction of sp³-hybridized carbons (Fsp3) is 0.333. The number of phenolic OH excluding ortho intramolecular Hbond substituents is 9. The molecular formula is C108H144N18O9. The molecule has 18 aromatic rings. The lowest BCUT2D eigenvalue weighted by Crippen LogP contribution is -2.14. The molecule has 0 bridgehead atoms. The molecule has 0 aliphatic rings. The maximum atomic E-state index is 9.89. The molecule has 0 aliphatic heterocycles. The predicted octanol–water partition coefficient (Wildman–Crippen LogP) is 17.8. The zero-order valence-corrected chi connectivity index (χ0v) is 77.7. The number of hydrogen-bond donors (Lipinski definition) is 18. The molecule has 27 nitrogen and oxygen atoms in total. The van der Waals surface area contributed by atoms with E-state index in [0.717, 1.165) is 101 Å². The van der Waals surface area contributed by atoms with Crippen LogP contribution in [0.3, 0.4) is 0 Å². The molecule has 0 saturated carbocycles. The molecular weight excluding hydrogens is 1690 g/mol. The van der Waals surface area contributed by atoms with Crippen molar-refractivity contribution in [3.8, 4) is 51.7 Å². The third kappa shape index (κ3) is 29.8. The van der Waals surface area contributed by atoms with Crippen LogP contribution in [0.2, 0.25) is 0 Å². The van der Waals surface area contributed by atoms with Crippen molar-refractivity contribution in [3.05, 3.63) is 270 Å². The Kier molecular flexibility index (Phi) is 25.8. The van der Waals surface area contributed by atoms with E-state index in [0.29, 0.717) is 78.4 Å². The number of rotatable bonds is 27. The van der Waals surface area contributed by atoms with Gasteiger partial charge < -0.3 is 135 Å². The van der Waals surface area contributed by atoms with E-state index in [9.17, 15) is 46.0 Å². The molecule has 0 fully saturated rings. The van der Waals surface area contributed by atoms with Gasteiger partial charge in [0.15, 0.2) is 0 Å². The minimum absolute atomic E-state index is 0.0286. The van der Waals surface area contributed by atoms with E-state index < -0.39 is 86.8 Å². The molecule has 0 saturated heterocycles. The van der Waals surface area contributed by atoms with E-state index in [4.69, 9.17) is 41.1 Å². The van der Waals surface area contributed by atoms with E-state index in [1.54, 1.807) is 151 Å². The van der Waals surface area contributed by atoms with E-state index >= 15 is 0 Å². The second-order valence-electron chi connectivity index (χ2n) is 32.5. The van der Waals surface area contributed by atoms with Crippen LogP contribution in [0.4, 0.5) is 0 Å². The number of aromatic nitrogens is 9. The summed E-state index contributed by atoms with van der Waals surface area (Å²) in [4.78, 5) is 38.9. The van der Waals surface area contributed by atoms with Gasteiger partial charge >= 0.3 is 0 Å². The quantitative estimate of drug-likeness (QED) is 0.0227. The van der Waals surface area contributed by atoms with Gasteiger partial charge in [0.1, 0.15) is 51.7 Å². The Hall–Kier alpha value is -13.3. The van der Waals surface area contributed by atoms with Gasteiger partial charge in [-0.3, -0.25) is 0 Å². The first kappa shape index (κ1) is 68.6. The fourth-order valence-electron chi connectivity index (χ4n) is 14.3. The monoisotopic (exact) mass is 1870 g/mol. The fourth-order valence-corrected chi connectivity index (χ4v) is 14.3. The number of hydrogen-bond acceptors (Lipinski definition) is 18. The third-order valence-electron chi connectivity index (χ3n) is 20.8. The van der Waals surface area contributed by atoms with Crippen molar-refractivity contribution >= 4 is 98.1 Å². The van der Waals surface area contributed by atoms with Crippen LogP contribution in [0.15, 0.2) is 220 Å². The van der Waals surface area contributed by atoms with Crippen molar-refractivity contribution < 1.29 is 87.1 Å². The van der Waals surface area contributed by atoms with E-state index in [1.165, 1.54) is 66.8 Å². The van der Waals surface area contributed by atoms with Gasteiger partial charge in [0.05, 0.1) is 0 Å². The zero-order chi connectivity index (χ0) is 123. The zero-order valence-electron chi connectivity index (χ0n) is 108. The van der Waals surface area contributed by atoms with Crippen LogP contribution in [0.25, 0.3) is 98.1 Å². The molecule has 9 heterocycles. The summed E-state index contributed by atoms with van der Waals surface area (Å²) in [7, 11) is 19.7. The van der Waals surface area contributed by atoms with Crippen LogP contribution in [0, 0.1) is 0 Å². The van der Waals surface area contributed by atoms with Crippen molar-refractivity contribution in [1.82, 2.24) is 89.0 Å². The lowest BCUT2D eigenvalue weighted by Gasteiger charge is -2.08. The van der Waals surface area contributed by atoms with Gasteiger partial charge in [0.25, 0.3) is 0 Å². The maximum Gasteiger partial charge on any atom is 0.125 e. The Morgan fingerprint density at radius 2 is 0.363 bits per heavy atom. The minimum Gasteiger partial charge on any atom is -0.507 e. The summed E-state index contributed by atoms with van der Waals surface area (Å²) < 4.78 is 228. The molecule has 9 aromatic carbocycles. The molecule has 0 radical (unpaired) electrons. The third-order valence-corrected chi connectivity index (χ3v) is 20.8. The number of fused-ring (bicyclic) bond motifs is 9. The molecule has 9 aromatic heterocycles. The topological polar surface area (TPSA) is 353 Å². The van der Waals surface area contributed by atoms with E-state index in [1.807, 2.05) is 101 Å². The molecule has 0 amide bonds. The van der Waals surface area contributed by atoms with Crippen molar-refractivity contribution in [3.63, 3.8) is 0 Å². The number of benzene rings is 9. The number of aromatic hydroxyl groups is 9. The smallest absolute Gasteiger partial charge is 0.125 e. The lowest BCUT2D eigenvalue weighted by atomic mass is 10.1. The molecule has 135 heavy (non-hydrogen) atoms. The molecule has 27 heteroatoms. The van der Waals surface area contributed by atoms with Crippen molar-refractivity contribution in [2.24, 2.45) is 0 Å². The summed E-state index contributed by atoms with van der Waals surface area (Å²) >= 11 is 0. The maximum absolute atomic E-state index is 9.89. The van der Waals surface area contributed by atoms with Crippen molar-refractivity contribution in [2.45, 2.75) is 57.6 Å². The van der Waals surface area contributed by atoms with Crippen LogP contribution >= 0.6 is 0 Å². The van der Waals surface area contributed by atoms with Gasteiger partial charge in [0.2, 0.25) is 0 Å². The first-order valence-corrected chi connectivity index (χ1v) is 43.0. The first-order valence-electron chi connectivity index (χ1n) is 58.4. The van der Waals surface area contributed by atoms with Gasteiger partial charge in [-0.2, -0.15) is 0 Å². The first-order chi connectivity index (χ1) is 76.6. The lowest BCUT2D eigenvalue weighted by molar-refractivity contribution is 0.414. The summed E-state index contributed by atoms with van der Waals surface area (Å²) in [5.41, 5.74) is 12.3. The number of likely N-dealkylation sites (N-methyl/N-ethyl adjacent to an activating group) is 9. The molecule has 0 aliphatic carbocycles. The summed E-state index contributed by atoms with van der Waals surface area (Å²) in [6, 6.07) is 46.0. The Morgan fingerprint density at radius 3 is 0.563 bits per heavy atom. The van der Waals surface area contributed by atoms with Crippen molar-refractivity contribution in [1.29, 1.82) is 0 Å². The molecule has 6 unspecified atom stereocenters. The van der Waals surface area contributed by atoms with Crippen LogP contribution in [0.5, 0.6) is 51.7 Å². The average molecular weight is 1870 g/mol. The van der Waals surface area contributed by atoms with Crippen LogP contribution in [0.1, 0.15) is 91.2 Å². The summed E-state index contributed by atoms with van der Waals surface area (Å²) in [5.74, 6) is 1.05. The Morgan fingerprint density at radius 1 is 0.200 bits per heavy atom. The molecule has 0 spiro atoms. The highest BCUT2D eigenvalue weighted by molar-refractivity contribution is 5.95. The van der Waals surface area contributed by atoms with Gasteiger partial charge in [-0.25, -0.2) is 0 Å². The Labute approximate surface area is 835 Å². The number of nitrogens with one attached hydrogen (secondary N) is 9. The van der Waals surface area contributed by atoms with Gasteiger partial charge in [-0.15, -0.1) is 0 Å². The van der Waals surface area contributed by atoms with Crippen LogP contribution in [-0.4, -0.2) is 320 Å². The number of nitrogens with zero attached hydrogens (tertiary/aromatic N) is 9. The number of aryl methyl sites for hydroxylation is 3. The molecule has 6 atom stereocenters. The van der Waals surface area contributed by atoms with Gasteiger partial charge in [-0.05, 0) is 343 Å². The second-order valence-corrected chi connectivity index (χ2v) is 32.5. The molecule has 18 rings (SSSR count). The second kappa shape index (κ2) is 50.7. The summed E-state index contributed by atoms with van der Waals surface area (Å²) in [6.45, 7) is -15.4. The largest absolute Gasteiger partial charge is 0.507 e. The summed E-state index contributed by atoms with van der Waals surface area (Å²) in [6.07, 6.45) is 8.88. The normalized spacial score (nSPS) is 17.0. The molecule has 720 valence electrons. The van der Waals surface area contributed by atoms with Gasteiger partial charge in [0, 0.05) is 254 Å². The highest BCUT2D eigenvalue weighted by Gasteiger charge is 2.17. The standard InChI is InChI=1S/9C12H16N2O/c9*1-14(2)7-6-9-8-13-10-4-3-5-11(15)12(9)10/h9*3-5,8,13,15H,6-7H2,1-2H3/i2*1D3,7D;2*1D3,6D2;2*1D3,6D;7D;6D2;6D. The Balaban J connectivity index is 0.000000188. The SMILES string of the molecule is [2H]C(CN(C)C([2H])([2H])[2H])c1c[nH]c2cccc(O)c12.[2H]C(CN(C)C([2H])([2H])[2H])c1c[nH]c2cccc(O)c12.[2H]C(CN(C)C)c1c[nH]c2cccc(O)c12.[2H]C(Cc1c[nH]c2cccc(O)c12)N(C)C.[2H]C(Cc1c[nH]c2cccc(O)c12)N(C)C([2H])([2H])[2H].[2H]C(Cc1c[nH]c2cccc(O)c12)N(C)C([2H])([2H])[2H].[2H]C([2H])(CN(C)C([2H])([2H])[2H])c1c[nH]c2cccc(O)c12.[2H]C([2H])(CN(C)C([2H])([2H])[2H])c1c[nH]c2cccc(O)c12.[2H]C([2H])(CN(C)C)c1c[nH]c2cccc(O)c12. The van der Waals surface area contributed by atoms with Crippen LogP contribution < -0.4 is 0 Å².